The van der Waals surface area contributed by atoms with Crippen LogP contribution in [0, 0.1) is 0 Å². The van der Waals surface area contributed by atoms with Crippen LogP contribution in [0.15, 0.2) is 0 Å². The number of nitrogens with zero attached hydrogens (tertiary/aromatic N) is 2. The highest BCUT2D eigenvalue weighted by molar-refractivity contribution is 7.86. The largest absolute Gasteiger partial charge is 0.267 e. The van der Waals surface area contributed by atoms with E-state index in [-0.39, 0.29) is 0 Å². The van der Waals surface area contributed by atoms with Crippen molar-refractivity contribution in [3.05, 3.63) is 0 Å². The molecular weight excluding hydrogens is 266 g/mol. The summed E-state index contributed by atoms with van der Waals surface area (Å²) in [6.45, 7) is 5.66. The third-order valence-corrected chi connectivity index (χ3v) is 3.96. The van der Waals surface area contributed by atoms with E-state index in [1.807, 2.05) is 23.9 Å². The fraction of sp³-hybridized carbons (Fsp3) is 1.00. The van der Waals surface area contributed by atoms with E-state index in [1.54, 1.807) is 0 Å². The van der Waals surface area contributed by atoms with Crippen molar-refractivity contribution in [2.45, 2.75) is 51.8 Å². The minimum atomic E-state index is -3.49. The molecule has 114 valence electrons. The Bertz CT molecular complexity index is 374. The van der Waals surface area contributed by atoms with Crippen LogP contribution in [0.3, 0.4) is 0 Å². The van der Waals surface area contributed by atoms with Gasteiger partial charge in [-0.3, -0.25) is 0 Å². The lowest BCUT2D eigenvalue weighted by Crippen LogP contribution is -2.54. The lowest BCUT2D eigenvalue weighted by molar-refractivity contribution is -0.0655. The summed E-state index contributed by atoms with van der Waals surface area (Å²) in [5.41, 5.74) is 3.20. The van der Waals surface area contributed by atoms with Gasteiger partial charge in [0, 0.05) is 13.0 Å². The zero-order valence-corrected chi connectivity index (χ0v) is 13.3. The summed E-state index contributed by atoms with van der Waals surface area (Å²) >= 11 is 0. The molecule has 1 atom stereocenters. The number of hydrazine groups is 1. The highest BCUT2D eigenvalue weighted by Gasteiger charge is 2.44. The quantitative estimate of drug-likeness (QED) is 0.538. The van der Waals surface area contributed by atoms with Crippen molar-refractivity contribution in [1.29, 1.82) is 0 Å². The second-order valence-corrected chi connectivity index (χ2v) is 6.78. The first-order valence-corrected chi connectivity index (χ1v) is 8.79. The lowest BCUT2D eigenvalue weighted by atomic mass is 10.2. The number of rotatable bonds is 8. The zero-order chi connectivity index (χ0) is 14.5. The lowest BCUT2D eigenvalue weighted by Gasteiger charge is -2.32. The summed E-state index contributed by atoms with van der Waals surface area (Å²) in [7, 11) is -1.63. The van der Waals surface area contributed by atoms with Gasteiger partial charge in [0.25, 0.3) is 10.1 Å². The van der Waals surface area contributed by atoms with Crippen LogP contribution >= 0.6 is 0 Å². The second kappa shape index (κ2) is 6.99. The van der Waals surface area contributed by atoms with Gasteiger partial charge in [0.1, 0.15) is 0 Å². The van der Waals surface area contributed by atoms with Crippen LogP contribution in [-0.2, 0) is 14.3 Å². The average Bonchev–Trinajstić information content (AvgIpc) is 2.60. The molecule has 0 bridgehead atoms. The van der Waals surface area contributed by atoms with Crippen LogP contribution in [0.1, 0.15) is 46.0 Å². The van der Waals surface area contributed by atoms with Crippen LogP contribution in [0.25, 0.3) is 0 Å². The Balaban J connectivity index is 2.56. The maximum atomic E-state index is 11.4. The molecule has 0 aromatic carbocycles. The summed E-state index contributed by atoms with van der Waals surface area (Å²) in [5, 5.41) is 2.03. The summed E-state index contributed by atoms with van der Waals surface area (Å²) < 4.78 is 28.0. The molecule has 7 heteroatoms. The second-order valence-electron chi connectivity index (χ2n) is 5.20. The van der Waals surface area contributed by atoms with Crippen molar-refractivity contribution in [2.24, 2.45) is 0 Å². The minimum Gasteiger partial charge on any atom is -0.250 e. The number of hydrogen-bond donors (Lipinski definition) is 1. The van der Waals surface area contributed by atoms with E-state index in [9.17, 15) is 8.42 Å². The molecule has 0 spiro atoms. The number of nitrogens with one attached hydrogen (secondary N) is 1. The molecule has 1 fully saturated rings. The number of unbranched alkanes of at least 4 members (excludes halogenated alkanes) is 3. The third kappa shape index (κ3) is 5.00. The first-order valence-electron chi connectivity index (χ1n) is 6.97. The molecule has 1 aliphatic rings. The van der Waals surface area contributed by atoms with Gasteiger partial charge in [-0.1, -0.05) is 33.1 Å². The minimum absolute atomic E-state index is 0.558. The molecule has 0 aromatic heterocycles. The molecule has 1 rings (SSSR count). The maximum Gasteiger partial charge on any atom is 0.267 e. The van der Waals surface area contributed by atoms with Crippen LogP contribution in [0.4, 0.5) is 0 Å². The van der Waals surface area contributed by atoms with Crippen LogP contribution in [0.2, 0.25) is 0 Å². The van der Waals surface area contributed by atoms with E-state index >= 15 is 0 Å². The molecule has 19 heavy (non-hydrogen) atoms. The molecule has 0 aliphatic carbocycles. The molecule has 1 saturated heterocycles. The van der Waals surface area contributed by atoms with Crippen LogP contribution < -0.4 is 5.43 Å². The Morgan fingerprint density at radius 3 is 2.47 bits per heavy atom. The molecule has 1 heterocycles. The van der Waals surface area contributed by atoms with Crippen molar-refractivity contribution in [2.75, 3.05) is 26.5 Å². The Hall–Kier alpha value is -0.210. The van der Waals surface area contributed by atoms with Gasteiger partial charge in [0.15, 0.2) is 0 Å². The van der Waals surface area contributed by atoms with E-state index in [2.05, 4.69) is 12.3 Å². The zero-order valence-electron chi connectivity index (χ0n) is 12.5. The Labute approximate surface area is 117 Å². The topological polar surface area (TPSA) is 61.9 Å². The van der Waals surface area contributed by atoms with Gasteiger partial charge in [-0.05, 0) is 13.5 Å². The van der Waals surface area contributed by atoms with Gasteiger partial charge < -0.3 is 0 Å². The van der Waals surface area contributed by atoms with Gasteiger partial charge in [0.2, 0.25) is 5.85 Å². The molecule has 0 radical (unpaired) electrons. The molecule has 1 aliphatic heterocycles. The van der Waals surface area contributed by atoms with Crippen LogP contribution in [0.5, 0.6) is 0 Å². The molecule has 6 nitrogen and oxygen atoms in total. The van der Waals surface area contributed by atoms with E-state index in [4.69, 9.17) is 4.18 Å². The predicted octanol–water partition coefficient (Wildman–Crippen LogP) is 1.32. The monoisotopic (exact) mass is 293 g/mol. The highest BCUT2D eigenvalue weighted by atomic mass is 32.2. The van der Waals surface area contributed by atoms with Gasteiger partial charge in [0.05, 0.1) is 12.9 Å². The van der Waals surface area contributed by atoms with Gasteiger partial charge >= 0.3 is 0 Å². The summed E-state index contributed by atoms with van der Waals surface area (Å²) in [4.78, 5) is 1.90. The fourth-order valence-electron chi connectivity index (χ4n) is 2.33. The summed E-state index contributed by atoms with van der Waals surface area (Å²) in [6.07, 6.45) is 6.40. The highest BCUT2D eigenvalue weighted by Crippen LogP contribution is 2.25. The van der Waals surface area contributed by atoms with Gasteiger partial charge in [-0.15, -0.1) is 0 Å². The van der Waals surface area contributed by atoms with Gasteiger partial charge in [-0.25, -0.2) is 19.5 Å². The normalized spacial score (nSPS) is 26.1. The van der Waals surface area contributed by atoms with Crippen molar-refractivity contribution in [1.82, 2.24) is 15.3 Å². The predicted molar refractivity (Wildman–Crippen MR) is 75.6 cm³/mol. The standard InChI is InChI=1S/C12H27N3O3S/c1-5-7-8-9-10-15-11-14(3)12(6-2,13-15)18-19(4,16)17/h13H,5-11H2,1-4H3. The molecule has 0 amide bonds. The van der Waals surface area contributed by atoms with E-state index in [0.717, 1.165) is 19.2 Å². The molecule has 1 unspecified atom stereocenters. The molecular formula is C12H27N3O3S. The first kappa shape index (κ1) is 16.8. The van der Waals surface area contributed by atoms with Crippen molar-refractivity contribution in [3.63, 3.8) is 0 Å². The maximum absolute atomic E-state index is 11.4. The SMILES string of the molecule is CCCCCCN1CN(C)C(CC)(OS(C)(=O)=O)N1. The number of hydrogen-bond acceptors (Lipinski definition) is 6. The third-order valence-electron chi connectivity index (χ3n) is 3.38. The average molecular weight is 293 g/mol. The smallest absolute Gasteiger partial charge is 0.250 e. The Morgan fingerprint density at radius 2 is 1.95 bits per heavy atom. The van der Waals surface area contributed by atoms with Crippen molar-refractivity contribution >= 4 is 10.1 Å². The Kier molecular flexibility index (Phi) is 6.19. The van der Waals surface area contributed by atoms with E-state index < -0.39 is 16.0 Å². The van der Waals surface area contributed by atoms with Gasteiger partial charge in [-0.2, -0.15) is 8.42 Å². The fourth-order valence-corrected chi connectivity index (χ4v) is 3.12. The van der Waals surface area contributed by atoms with E-state index in [1.165, 1.54) is 19.3 Å². The molecule has 0 saturated carbocycles. The first-order chi connectivity index (χ1) is 8.83. The van der Waals surface area contributed by atoms with Crippen molar-refractivity contribution < 1.29 is 12.6 Å². The Morgan fingerprint density at radius 1 is 1.26 bits per heavy atom. The summed E-state index contributed by atoms with van der Waals surface area (Å²) in [6, 6.07) is 0. The summed E-state index contributed by atoms with van der Waals surface area (Å²) in [5.74, 6) is -0.932. The molecule has 1 N–H and O–H groups in total. The van der Waals surface area contributed by atoms with Crippen molar-refractivity contribution in [3.8, 4) is 0 Å². The van der Waals surface area contributed by atoms with E-state index in [0.29, 0.717) is 13.1 Å². The van der Waals surface area contributed by atoms with Crippen LogP contribution in [-0.4, -0.2) is 50.7 Å². The molecule has 0 aromatic rings.